The number of hydrogen-bond acceptors (Lipinski definition) is 3. The van der Waals surface area contributed by atoms with Gasteiger partial charge in [-0.15, -0.1) is 0 Å². The molecule has 0 heterocycles. The monoisotopic (exact) mass is 286 g/mol. The molecule has 2 rings (SSSR count). The topological polar surface area (TPSA) is 45.0 Å². The first kappa shape index (κ1) is 14.4. The van der Waals surface area contributed by atoms with E-state index in [1.165, 1.54) is 0 Å². The third kappa shape index (κ3) is 3.51. The Morgan fingerprint density at radius 2 is 1.95 bits per heavy atom. The number of anilines is 1. The molecule has 0 bridgehead atoms. The molecule has 0 unspecified atom stereocenters. The summed E-state index contributed by atoms with van der Waals surface area (Å²) in [4.78, 5) is 0. The van der Waals surface area contributed by atoms with Gasteiger partial charge in [0.25, 0.3) is 0 Å². The molecule has 0 fully saturated rings. The lowest BCUT2D eigenvalue weighted by atomic mass is 10.1. The first-order chi connectivity index (χ1) is 9.74. The van der Waals surface area contributed by atoms with E-state index >= 15 is 0 Å². The summed E-state index contributed by atoms with van der Waals surface area (Å²) in [5.74, 6) is 0. The quantitative estimate of drug-likeness (QED) is 0.904. The summed E-state index contributed by atoms with van der Waals surface area (Å²) in [7, 11) is 1.67. The number of nitriles is 1. The lowest BCUT2D eigenvalue weighted by Crippen LogP contribution is -2.02. The van der Waals surface area contributed by atoms with Crippen LogP contribution in [0.2, 0.25) is 5.02 Å². The van der Waals surface area contributed by atoms with Crippen LogP contribution in [0, 0.1) is 11.3 Å². The number of nitrogens with one attached hydrogen (secondary N) is 1. The molecule has 0 aliphatic carbocycles. The van der Waals surface area contributed by atoms with Crippen molar-refractivity contribution in [1.29, 1.82) is 5.26 Å². The molecule has 0 atom stereocenters. The van der Waals surface area contributed by atoms with Gasteiger partial charge in [0.2, 0.25) is 0 Å². The average Bonchev–Trinajstić information content (AvgIpc) is 2.46. The molecule has 0 aliphatic rings. The Balaban J connectivity index is 2.13. The highest BCUT2D eigenvalue weighted by molar-refractivity contribution is 6.33. The standard InChI is InChI=1S/C16H15ClN2O/c1-20-11-13-5-2-4-12(8-13)10-19-16-14(9-18)6-3-7-15(16)17/h2-8,19H,10-11H2,1H3. The summed E-state index contributed by atoms with van der Waals surface area (Å²) in [6, 6.07) is 15.5. The van der Waals surface area contributed by atoms with Crippen molar-refractivity contribution < 1.29 is 4.74 Å². The van der Waals surface area contributed by atoms with E-state index in [0.29, 0.717) is 29.4 Å². The molecule has 0 spiro atoms. The summed E-state index contributed by atoms with van der Waals surface area (Å²) in [6.45, 7) is 1.19. The zero-order valence-electron chi connectivity index (χ0n) is 11.2. The van der Waals surface area contributed by atoms with Gasteiger partial charge in [-0.25, -0.2) is 0 Å². The van der Waals surface area contributed by atoms with Crippen LogP contribution in [0.3, 0.4) is 0 Å². The minimum absolute atomic E-state index is 0.547. The molecule has 102 valence electrons. The summed E-state index contributed by atoms with van der Waals surface area (Å²) in [5.41, 5.74) is 3.45. The fourth-order valence-electron chi connectivity index (χ4n) is 1.98. The minimum atomic E-state index is 0.547. The minimum Gasteiger partial charge on any atom is -0.380 e. The first-order valence-electron chi connectivity index (χ1n) is 6.24. The second-order valence-electron chi connectivity index (χ2n) is 4.38. The van der Waals surface area contributed by atoms with Gasteiger partial charge >= 0.3 is 0 Å². The molecule has 3 nitrogen and oxygen atoms in total. The van der Waals surface area contributed by atoms with Crippen molar-refractivity contribution in [1.82, 2.24) is 0 Å². The maximum atomic E-state index is 9.09. The number of para-hydroxylation sites is 1. The Labute approximate surface area is 123 Å². The van der Waals surface area contributed by atoms with Gasteiger partial charge in [-0.3, -0.25) is 0 Å². The van der Waals surface area contributed by atoms with Crippen LogP contribution < -0.4 is 5.32 Å². The molecule has 2 aromatic rings. The van der Waals surface area contributed by atoms with Crippen molar-refractivity contribution in [2.45, 2.75) is 13.2 Å². The number of benzene rings is 2. The highest BCUT2D eigenvalue weighted by atomic mass is 35.5. The predicted molar refractivity (Wildman–Crippen MR) is 80.6 cm³/mol. The van der Waals surface area contributed by atoms with Gasteiger partial charge in [-0.2, -0.15) is 5.26 Å². The first-order valence-corrected chi connectivity index (χ1v) is 6.61. The number of methoxy groups -OCH3 is 1. The predicted octanol–water partition coefficient (Wildman–Crippen LogP) is 3.97. The molecule has 4 heteroatoms. The van der Waals surface area contributed by atoms with Crippen molar-refractivity contribution in [2.24, 2.45) is 0 Å². The van der Waals surface area contributed by atoms with E-state index in [-0.39, 0.29) is 0 Å². The molecule has 20 heavy (non-hydrogen) atoms. The largest absolute Gasteiger partial charge is 0.380 e. The Hall–Kier alpha value is -2.02. The molecular formula is C16H15ClN2O. The van der Waals surface area contributed by atoms with Gasteiger partial charge in [-0.05, 0) is 23.3 Å². The fraction of sp³-hybridized carbons (Fsp3) is 0.188. The number of hydrogen-bond donors (Lipinski definition) is 1. The molecule has 2 aromatic carbocycles. The Morgan fingerprint density at radius 1 is 1.20 bits per heavy atom. The van der Waals surface area contributed by atoms with E-state index < -0.39 is 0 Å². The third-order valence-corrected chi connectivity index (χ3v) is 3.22. The zero-order chi connectivity index (χ0) is 14.4. The maximum absolute atomic E-state index is 9.09. The Bertz CT molecular complexity index is 635. The van der Waals surface area contributed by atoms with Crippen LogP contribution in [0.15, 0.2) is 42.5 Å². The van der Waals surface area contributed by atoms with E-state index in [2.05, 4.69) is 17.5 Å². The van der Waals surface area contributed by atoms with E-state index in [0.717, 1.165) is 11.1 Å². The molecule has 0 radical (unpaired) electrons. The van der Waals surface area contributed by atoms with Crippen LogP contribution in [0.25, 0.3) is 0 Å². The van der Waals surface area contributed by atoms with Gasteiger partial charge in [0.15, 0.2) is 0 Å². The molecular weight excluding hydrogens is 272 g/mol. The second kappa shape index (κ2) is 6.95. The summed E-state index contributed by atoms with van der Waals surface area (Å²) in [6.07, 6.45) is 0. The second-order valence-corrected chi connectivity index (χ2v) is 4.79. The molecule has 0 aromatic heterocycles. The summed E-state index contributed by atoms with van der Waals surface area (Å²) < 4.78 is 5.12. The fourth-order valence-corrected chi connectivity index (χ4v) is 2.22. The molecule has 0 amide bonds. The number of rotatable bonds is 5. The van der Waals surface area contributed by atoms with Gasteiger partial charge in [0.1, 0.15) is 6.07 Å². The number of halogens is 1. The molecule has 0 saturated carbocycles. The van der Waals surface area contributed by atoms with Crippen molar-refractivity contribution in [2.75, 3.05) is 12.4 Å². The van der Waals surface area contributed by atoms with Crippen molar-refractivity contribution in [3.05, 3.63) is 64.2 Å². The average molecular weight is 287 g/mol. The lowest BCUT2D eigenvalue weighted by Gasteiger charge is -2.11. The van der Waals surface area contributed by atoms with Crippen LogP contribution in [0.1, 0.15) is 16.7 Å². The van der Waals surface area contributed by atoms with Gasteiger partial charge < -0.3 is 10.1 Å². The van der Waals surface area contributed by atoms with Crippen molar-refractivity contribution in [3.8, 4) is 6.07 Å². The smallest absolute Gasteiger partial charge is 0.101 e. The molecule has 0 saturated heterocycles. The lowest BCUT2D eigenvalue weighted by molar-refractivity contribution is 0.185. The molecule has 1 N–H and O–H groups in total. The SMILES string of the molecule is COCc1cccc(CNc2c(Cl)cccc2C#N)c1. The van der Waals surface area contributed by atoms with Crippen LogP contribution in [0.4, 0.5) is 5.69 Å². The van der Waals surface area contributed by atoms with E-state index in [4.69, 9.17) is 21.6 Å². The Morgan fingerprint density at radius 3 is 2.70 bits per heavy atom. The van der Waals surface area contributed by atoms with E-state index in [1.807, 2.05) is 18.2 Å². The zero-order valence-corrected chi connectivity index (χ0v) is 11.9. The highest BCUT2D eigenvalue weighted by Gasteiger charge is 2.06. The van der Waals surface area contributed by atoms with Crippen LogP contribution in [-0.4, -0.2) is 7.11 Å². The molecule has 0 aliphatic heterocycles. The van der Waals surface area contributed by atoms with E-state index in [1.54, 1.807) is 25.3 Å². The Kier molecular flexibility index (Phi) is 5.00. The van der Waals surface area contributed by atoms with Gasteiger partial charge in [0.05, 0.1) is 22.9 Å². The number of nitrogens with zero attached hydrogens (tertiary/aromatic N) is 1. The van der Waals surface area contributed by atoms with E-state index in [9.17, 15) is 0 Å². The normalized spacial score (nSPS) is 10.1. The van der Waals surface area contributed by atoms with Crippen LogP contribution >= 0.6 is 11.6 Å². The maximum Gasteiger partial charge on any atom is 0.101 e. The third-order valence-electron chi connectivity index (χ3n) is 2.91. The summed E-state index contributed by atoms with van der Waals surface area (Å²) in [5, 5.41) is 12.9. The van der Waals surface area contributed by atoms with Crippen LogP contribution in [-0.2, 0) is 17.9 Å². The van der Waals surface area contributed by atoms with Crippen LogP contribution in [0.5, 0.6) is 0 Å². The highest BCUT2D eigenvalue weighted by Crippen LogP contribution is 2.26. The van der Waals surface area contributed by atoms with Gasteiger partial charge in [0, 0.05) is 13.7 Å². The van der Waals surface area contributed by atoms with Crippen molar-refractivity contribution >= 4 is 17.3 Å². The summed E-state index contributed by atoms with van der Waals surface area (Å²) >= 11 is 6.12. The van der Waals surface area contributed by atoms with Gasteiger partial charge in [-0.1, -0.05) is 41.9 Å². The number of ether oxygens (including phenoxy) is 1. The van der Waals surface area contributed by atoms with Crippen molar-refractivity contribution in [3.63, 3.8) is 0 Å².